The first-order valence-corrected chi connectivity index (χ1v) is 0. The van der Waals surface area contributed by atoms with Crippen LogP contribution >= 0.6 is 0 Å². The molecule has 0 N–H and O–H groups in total. The molecule has 16 valence electrons. The van der Waals surface area contributed by atoms with Crippen LogP contribution < -0.4 is 37.7 Å². The molecule has 0 aromatic heterocycles. The Morgan fingerprint density at radius 2 is 0.600 bits per heavy atom. The molecular weight excluding hydrogens is 86.0 g/mol. The van der Waals surface area contributed by atoms with Gasteiger partial charge < -0.3 is 11.0 Å². The molecule has 0 aliphatic carbocycles. The summed E-state index contributed by atoms with van der Waals surface area (Å²) in [6.45, 7) is 0. The molecule has 0 unspecified atom stereocenters. The molecule has 0 atom stereocenters. The van der Waals surface area contributed by atoms with Gasteiger partial charge in [-0.15, -0.1) is 0 Å². The molecule has 5 heteroatoms. The third-order valence-corrected chi connectivity index (χ3v) is 0. The van der Waals surface area contributed by atoms with Crippen LogP contribution in [0.4, 0.5) is 0 Å². The van der Waals surface area contributed by atoms with Crippen molar-refractivity contribution < 1.29 is 48.7 Å². The number of rotatable bonds is 0. The Bertz CT molecular complexity index is 7.61. The Hall–Kier alpha value is 2.37. The summed E-state index contributed by atoms with van der Waals surface area (Å²) in [4.78, 5) is 0. The van der Waals surface area contributed by atoms with Crippen LogP contribution in [0.1, 0.15) is 0 Å². The zero-order valence-electron chi connectivity index (χ0n) is 3.52. The van der Waals surface area contributed by atoms with E-state index in [1.807, 2.05) is 0 Å². The summed E-state index contributed by atoms with van der Waals surface area (Å²) < 4.78 is 0. The van der Waals surface area contributed by atoms with Crippen molar-refractivity contribution in [1.29, 1.82) is 0 Å². The van der Waals surface area contributed by atoms with Gasteiger partial charge in [-0.1, -0.05) is 0 Å². The van der Waals surface area contributed by atoms with Gasteiger partial charge in [-0.2, -0.15) is 0 Å². The summed E-state index contributed by atoms with van der Waals surface area (Å²) in [7, 11) is 0. The average Bonchev–Trinajstić information content (AvgIpc) is 0. The molecule has 0 rings (SSSR count). The molecule has 0 aromatic carbocycles. The standard InChI is InChI=1S/Ca.2Li.2O/q+2;2*+1;2*-2. The van der Waals surface area contributed by atoms with Crippen molar-refractivity contribution in [3.05, 3.63) is 0 Å². The summed E-state index contributed by atoms with van der Waals surface area (Å²) >= 11 is 0. The molecule has 5 heavy (non-hydrogen) atoms. The molecule has 0 saturated carbocycles. The van der Waals surface area contributed by atoms with Crippen LogP contribution in [0.3, 0.4) is 0 Å². The second kappa shape index (κ2) is 32.7. The molecule has 0 saturated heterocycles. The largest absolute Gasteiger partial charge is 2.00 e. The summed E-state index contributed by atoms with van der Waals surface area (Å²) in [5.41, 5.74) is 0. The molecule has 0 radical (unpaired) electrons. The van der Waals surface area contributed by atoms with E-state index < -0.39 is 0 Å². The van der Waals surface area contributed by atoms with Gasteiger partial charge in [0.05, 0.1) is 0 Å². The number of hydrogen-bond donors (Lipinski definition) is 0. The Morgan fingerprint density at radius 1 is 0.600 bits per heavy atom. The van der Waals surface area contributed by atoms with Crippen molar-refractivity contribution >= 4 is 37.7 Å². The van der Waals surface area contributed by atoms with Crippen LogP contribution in [0, 0.1) is 0 Å². The second-order valence-electron chi connectivity index (χ2n) is 0. The smallest absolute Gasteiger partial charge is 2.00 e. The van der Waals surface area contributed by atoms with Gasteiger partial charge in [0.2, 0.25) is 0 Å². The fraction of sp³-hybridized carbons (Fsp3) is 0. The fourth-order valence-electron chi connectivity index (χ4n) is 0. The predicted octanol–water partition coefficient (Wildman–Crippen LogP) is -6.61. The predicted molar refractivity (Wildman–Crippen MR) is 7.13 cm³/mol. The molecular formula is CaLi2O2. The van der Waals surface area contributed by atoms with E-state index >= 15 is 0 Å². The number of hydrogen-bond acceptors (Lipinski definition) is 0. The van der Waals surface area contributed by atoms with Gasteiger partial charge >= 0.3 is 75.5 Å². The maximum Gasteiger partial charge on any atom is 2.00 e. The normalized spacial score (nSPS) is 0. The van der Waals surface area contributed by atoms with E-state index in [0.29, 0.717) is 0 Å². The van der Waals surface area contributed by atoms with Crippen LogP contribution in [0.2, 0.25) is 0 Å². The van der Waals surface area contributed by atoms with Crippen molar-refractivity contribution in [3.63, 3.8) is 0 Å². The van der Waals surface area contributed by atoms with E-state index in [2.05, 4.69) is 0 Å². The monoisotopic (exact) mass is 86.0 g/mol. The third-order valence-electron chi connectivity index (χ3n) is 0. The minimum atomic E-state index is 0. The maximum atomic E-state index is 0. The third kappa shape index (κ3) is 21.6. The van der Waals surface area contributed by atoms with Crippen LogP contribution in [0.25, 0.3) is 0 Å². The molecule has 0 fully saturated rings. The van der Waals surface area contributed by atoms with E-state index in [0.717, 1.165) is 0 Å². The Morgan fingerprint density at radius 3 is 0.600 bits per heavy atom. The van der Waals surface area contributed by atoms with Gasteiger partial charge in [-0.3, -0.25) is 0 Å². The zero-order chi connectivity index (χ0) is 0. The molecule has 0 spiro atoms. The molecule has 0 heterocycles. The van der Waals surface area contributed by atoms with E-state index in [-0.39, 0.29) is 86.4 Å². The minimum Gasteiger partial charge on any atom is -2.00 e. The van der Waals surface area contributed by atoms with Crippen molar-refractivity contribution in [3.8, 4) is 0 Å². The van der Waals surface area contributed by atoms with Gasteiger partial charge in [0, 0.05) is 0 Å². The Kier molecular flexibility index (Phi) is 347. The molecule has 0 bridgehead atoms. The summed E-state index contributed by atoms with van der Waals surface area (Å²) in [6, 6.07) is 0. The quantitative estimate of drug-likeness (QED) is 0.263. The van der Waals surface area contributed by atoms with Crippen LogP contribution in [-0.4, -0.2) is 37.7 Å². The average molecular weight is 86.0 g/mol. The summed E-state index contributed by atoms with van der Waals surface area (Å²) in [5, 5.41) is 0. The topological polar surface area (TPSA) is 57.0 Å². The Labute approximate surface area is 85.0 Å². The van der Waals surface area contributed by atoms with Crippen LogP contribution in [0.15, 0.2) is 0 Å². The minimum absolute atomic E-state index is 0. The van der Waals surface area contributed by atoms with Crippen molar-refractivity contribution in [2.24, 2.45) is 0 Å². The van der Waals surface area contributed by atoms with Gasteiger partial charge in [-0.05, 0) is 0 Å². The van der Waals surface area contributed by atoms with Gasteiger partial charge in [-0.25, -0.2) is 0 Å². The first-order valence-electron chi connectivity index (χ1n) is 0. The molecule has 2 nitrogen and oxygen atoms in total. The fourth-order valence-corrected chi connectivity index (χ4v) is 0. The molecule has 0 amide bonds. The van der Waals surface area contributed by atoms with Crippen LogP contribution in [-0.2, 0) is 11.0 Å². The second-order valence-corrected chi connectivity index (χ2v) is 0. The zero-order valence-corrected chi connectivity index (χ0v) is 5.73. The van der Waals surface area contributed by atoms with Gasteiger partial charge in [0.15, 0.2) is 0 Å². The van der Waals surface area contributed by atoms with E-state index in [1.165, 1.54) is 0 Å². The van der Waals surface area contributed by atoms with E-state index in [1.54, 1.807) is 0 Å². The maximum absolute atomic E-state index is 0. The molecule has 0 aromatic rings. The first-order chi connectivity index (χ1) is 0. The van der Waals surface area contributed by atoms with Crippen molar-refractivity contribution in [2.45, 2.75) is 0 Å². The van der Waals surface area contributed by atoms with Gasteiger partial charge in [0.25, 0.3) is 0 Å². The van der Waals surface area contributed by atoms with E-state index in [4.69, 9.17) is 0 Å². The Balaban J connectivity index is 0. The summed E-state index contributed by atoms with van der Waals surface area (Å²) in [6.07, 6.45) is 0. The van der Waals surface area contributed by atoms with Crippen molar-refractivity contribution in [1.82, 2.24) is 0 Å². The van der Waals surface area contributed by atoms with Gasteiger partial charge in [0.1, 0.15) is 0 Å². The summed E-state index contributed by atoms with van der Waals surface area (Å²) in [5.74, 6) is 0. The SMILES string of the molecule is [Ca+2].[Li+].[Li+].[O-2].[O-2]. The van der Waals surface area contributed by atoms with Crippen molar-refractivity contribution in [2.75, 3.05) is 0 Å². The molecule has 0 aliphatic rings. The first kappa shape index (κ1) is 53.1. The van der Waals surface area contributed by atoms with E-state index in [9.17, 15) is 0 Å². The molecule has 0 aliphatic heterocycles. The van der Waals surface area contributed by atoms with Crippen LogP contribution in [0.5, 0.6) is 0 Å².